The zero-order chi connectivity index (χ0) is 14.0. The third-order valence-corrected chi connectivity index (χ3v) is 4.34. The Kier molecular flexibility index (Phi) is 3.99. The Balaban J connectivity index is 2.38. The number of benzene rings is 1. The van der Waals surface area contributed by atoms with E-state index in [2.05, 4.69) is 9.71 Å². The first-order valence-electron chi connectivity index (χ1n) is 5.30. The molecular weight excluding hydrogens is 307 g/mol. The van der Waals surface area contributed by atoms with Crippen molar-refractivity contribution in [3.8, 4) is 0 Å². The molecular formula is C12H10Cl2N2O2S. The molecule has 100 valence electrons. The zero-order valence-corrected chi connectivity index (χ0v) is 12.2. The van der Waals surface area contributed by atoms with E-state index in [9.17, 15) is 8.42 Å². The van der Waals surface area contributed by atoms with Crippen LogP contribution >= 0.6 is 23.2 Å². The highest BCUT2D eigenvalue weighted by atomic mass is 35.5. The van der Waals surface area contributed by atoms with Gasteiger partial charge < -0.3 is 0 Å². The third kappa shape index (κ3) is 3.37. The molecule has 19 heavy (non-hydrogen) atoms. The van der Waals surface area contributed by atoms with Crippen LogP contribution in [0.3, 0.4) is 0 Å². The van der Waals surface area contributed by atoms with Crippen molar-refractivity contribution >= 4 is 39.0 Å². The van der Waals surface area contributed by atoms with E-state index in [0.29, 0.717) is 10.6 Å². The number of sulfonamides is 1. The fourth-order valence-corrected chi connectivity index (χ4v) is 3.19. The summed E-state index contributed by atoms with van der Waals surface area (Å²) in [6, 6.07) is 9.25. The molecule has 0 spiro atoms. The minimum Gasteiger partial charge on any atom is -0.263 e. The van der Waals surface area contributed by atoms with Crippen LogP contribution in [0.15, 0.2) is 41.3 Å². The lowest BCUT2D eigenvalue weighted by Gasteiger charge is -2.10. The average molecular weight is 317 g/mol. The molecule has 0 fully saturated rings. The molecule has 0 saturated carbocycles. The molecule has 0 radical (unpaired) electrons. The molecule has 4 nitrogen and oxygen atoms in total. The summed E-state index contributed by atoms with van der Waals surface area (Å²) in [4.78, 5) is 4.03. The summed E-state index contributed by atoms with van der Waals surface area (Å²) in [5, 5.41) is 0.699. The van der Waals surface area contributed by atoms with Crippen LogP contribution < -0.4 is 4.72 Å². The molecule has 0 unspecified atom stereocenters. The van der Waals surface area contributed by atoms with Gasteiger partial charge in [0.05, 0.1) is 4.90 Å². The fraction of sp³-hybridized carbons (Fsp3) is 0.0833. The van der Waals surface area contributed by atoms with Gasteiger partial charge in [0.15, 0.2) is 0 Å². The monoisotopic (exact) mass is 316 g/mol. The van der Waals surface area contributed by atoms with Crippen LogP contribution in [0.1, 0.15) is 5.56 Å². The maximum Gasteiger partial charge on any atom is 0.263 e. The lowest BCUT2D eigenvalue weighted by Crippen LogP contribution is -2.15. The van der Waals surface area contributed by atoms with E-state index in [4.69, 9.17) is 23.2 Å². The molecule has 0 atom stereocenters. The molecule has 0 amide bonds. The molecule has 1 N–H and O–H groups in total. The van der Waals surface area contributed by atoms with Crippen LogP contribution in [0, 0.1) is 6.92 Å². The Morgan fingerprint density at radius 3 is 2.53 bits per heavy atom. The van der Waals surface area contributed by atoms with Crippen LogP contribution in [0.4, 0.5) is 5.82 Å². The van der Waals surface area contributed by atoms with Crippen LogP contribution in [-0.4, -0.2) is 13.4 Å². The summed E-state index contributed by atoms with van der Waals surface area (Å²) in [6.45, 7) is 1.67. The first-order valence-corrected chi connectivity index (χ1v) is 7.54. The van der Waals surface area contributed by atoms with E-state index in [1.54, 1.807) is 25.1 Å². The van der Waals surface area contributed by atoms with E-state index >= 15 is 0 Å². The van der Waals surface area contributed by atoms with Crippen molar-refractivity contribution in [3.63, 3.8) is 0 Å². The van der Waals surface area contributed by atoms with E-state index in [1.807, 2.05) is 0 Å². The van der Waals surface area contributed by atoms with Gasteiger partial charge in [-0.2, -0.15) is 0 Å². The largest absolute Gasteiger partial charge is 0.263 e. The Morgan fingerprint density at radius 2 is 1.89 bits per heavy atom. The van der Waals surface area contributed by atoms with Gasteiger partial charge in [0.2, 0.25) is 0 Å². The number of pyridine rings is 1. The number of aryl methyl sites for hydroxylation is 1. The van der Waals surface area contributed by atoms with Gasteiger partial charge in [-0.1, -0.05) is 29.3 Å². The average Bonchev–Trinajstić information content (AvgIpc) is 2.27. The minimum absolute atomic E-state index is 0.152. The van der Waals surface area contributed by atoms with Crippen molar-refractivity contribution in [2.45, 2.75) is 11.8 Å². The topological polar surface area (TPSA) is 59.1 Å². The van der Waals surface area contributed by atoms with Crippen LogP contribution in [-0.2, 0) is 10.0 Å². The summed E-state index contributed by atoms with van der Waals surface area (Å²) >= 11 is 11.5. The molecule has 2 rings (SSSR count). The van der Waals surface area contributed by atoms with Crippen molar-refractivity contribution in [1.29, 1.82) is 0 Å². The maximum absolute atomic E-state index is 12.2. The standard InChI is InChI=1S/C12H10Cl2N2O2S/c1-8-7-9(13)5-6-10(8)19(17,18)16-12-4-2-3-11(14)15-12/h2-7H,1H3,(H,15,16). The van der Waals surface area contributed by atoms with E-state index < -0.39 is 10.0 Å². The Morgan fingerprint density at radius 1 is 1.16 bits per heavy atom. The van der Waals surface area contributed by atoms with Crippen molar-refractivity contribution < 1.29 is 8.42 Å². The van der Waals surface area contributed by atoms with Gasteiger partial charge >= 0.3 is 0 Å². The number of halogens is 2. The molecule has 0 aliphatic rings. The number of nitrogens with one attached hydrogen (secondary N) is 1. The van der Waals surface area contributed by atoms with Gasteiger partial charge in [0.25, 0.3) is 10.0 Å². The van der Waals surface area contributed by atoms with Crippen LogP contribution in [0.5, 0.6) is 0 Å². The predicted octanol–water partition coefficient (Wildman–Crippen LogP) is 3.50. The smallest absolute Gasteiger partial charge is 0.263 e. The molecule has 1 heterocycles. The first-order chi connectivity index (χ1) is 8.88. The normalized spacial score (nSPS) is 11.3. The third-order valence-electron chi connectivity index (χ3n) is 2.38. The van der Waals surface area contributed by atoms with Crippen molar-refractivity contribution in [1.82, 2.24) is 4.98 Å². The fourth-order valence-electron chi connectivity index (χ4n) is 1.57. The first kappa shape index (κ1) is 14.1. The quantitative estimate of drug-likeness (QED) is 0.882. The highest BCUT2D eigenvalue weighted by Crippen LogP contribution is 2.22. The molecule has 0 aliphatic carbocycles. The van der Waals surface area contributed by atoms with Crippen molar-refractivity contribution in [2.75, 3.05) is 4.72 Å². The molecule has 0 saturated heterocycles. The second kappa shape index (κ2) is 5.36. The predicted molar refractivity (Wildman–Crippen MR) is 76.2 cm³/mol. The van der Waals surface area contributed by atoms with Gasteiger partial charge in [-0.15, -0.1) is 0 Å². The van der Waals surface area contributed by atoms with E-state index in [-0.39, 0.29) is 15.9 Å². The van der Waals surface area contributed by atoms with Crippen molar-refractivity contribution in [2.24, 2.45) is 0 Å². The second-order valence-electron chi connectivity index (χ2n) is 3.86. The van der Waals surface area contributed by atoms with Crippen molar-refractivity contribution in [3.05, 3.63) is 52.1 Å². The van der Waals surface area contributed by atoms with Gasteiger partial charge in [0.1, 0.15) is 11.0 Å². The lowest BCUT2D eigenvalue weighted by atomic mass is 10.2. The van der Waals surface area contributed by atoms with Crippen LogP contribution in [0.2, 0.25) is 10.2 Å². The molecule has 1 aromatic carbocycles. The summed E-state index contributed by atoms with van der Waals surface area (Å²) in [5.74, 6) is 0.168. The van der Waals surface area contributed by atoms with E-state index in [1.165, 1.54) is 18.2 Å². The number of rotatable bonds is 3. The number of nitrogens with zero attached hydrogens (tertiary/aromatic N) is 1. The number of aromatic nitrogens is 1. The van der Waals surface area contributed by atoms with Gasteiger partial charge in [0, 0.05) is 5.02 Å². The summed E-state index contributed by atoms with van der Waals surface area (Å²) < 4.78 is 26.8. The number of hydrogen-bond donors (Lipinski definition) is 1. The Bertz CT molecular complexity index is 717. The summed E-state index contributed by atoms with van der Waals surface area (Å²) in [7, 11) is -3.71. The number of hydrogen-bond acceptors (Lipinski definition) is 3. The summed E-state index contributed by atoms with van der Waals surface area (Å²) in [5.41, 5.74) is 0.557. The second-order valence-corrected chi connectivity index (χ2v) is 6.34. The van der Waals surface area contributed by atoms with Gasteiger partial charge in [-0.25, -0.2) is 13.4 Å². The molecule has 2 aromatic rings. The molecule has 0 aliphatic heterocycles. The minimum atomic E-state index is -3.71. The van der Waals surface area contributed by atoms with Crippen LogP contribution in [0.25, 0.3) is 0 Å². The Hall–Kier alpha value is -1.30. The number of anilines is 1. The highest BCUT2D eigenvalue weighted by Gasteiger charge is 2.17. The lowest BCUT2D eigenvalue weighted by molar-refractivity contribution is 0.600. The highest BCUT2D eigenvalue weighted by molar-refractivity contribution is 7.92. The van der Waals surface area contributed by atoms with Gasteiger partial charge in [-0.05, 0) is 42.8 Å². The summed E-state index contributed by atoms with van der Waals surface area (Å²) in [6.07, 6.45) is 0. The van der Waals surface area contributed by atoms with E-state index in [0.717, 1.165) is 0 Å². The molecule has 0 bridgehead atoms. The zero-order valence-electron chi connectivity index (χ0n) is 9.89. The molecule has 7 heteroatoms. The maximum atomic E-state index is 12.2. The molecule has 1 aromatic heterocycles. The SMILES string of the molecule is Cc1cc(Cl)ccc1S(=O)(=O)Nc1cccc(Cl)n1. The Labute approximate surface area is 121 Å². The van der Waals surface area contributed by atoms with Gasteiger partial charge in [-0.3, -0.25) is 4.72 Å².